The summed E-state index contributed by atoms with van der Waals surface area (Å²) >= 11 is 0. The molecule has 0 aliphatic heterocycles. The van der Waals surface area contributed by atoms with Crippen LogP contribution in [-0.2, 0) is 17.9 Å². The van der Waals surface area contributed by atoms with Gasteiger partial charge in [-0.05, 0) is 24.1 Å². The molecule has 1 N–H and O–H groups in total. The highest BCUT2D eigenvalue weighted by Gasteiger charge is 2.17. The van der Waals surface area contributed by atoms with Gasteiger partial charge in [0.1, 0.15) is 5.69 Å². The molecule has 0 unspecified atom stereocenters. The highest BCUT2D eigenvalue weighted by atomic mass is 16.5. The highest BCUT2D eigenvalue weighted by molar-refractivity contribution is 5.92. The number of nitrogens with zero attached hydrogens (tertiary/aromatic N) is 3. The van der Waals surface area contributed by atoms with Gasteiger partial charge < -0.3 is 14.6 Å². The van der Waals surface area contributed by atoms with Gasteiger partial charge in [-0.3, -0.25) is 4.79 Å². The third kappa shape index (κ3) is 4.77. The van der Waals surface area contributed by atoms with Crippen molar-refractivity contribution in [2.24, 2.45) is 0 Å². The lowest BCUT2D eigenvalue weighted by molar-refractivity contribution is 0.0927. The van der Waals surface area contributed by atoms with E-state index in [9.17, 15) is 4.79 Å². The van der Waals surface area contributed by atoms with E-state index >= 15 is 0 Å². The molecule has 0 bridgehead atoms. The predicted octanol–water partition coefficient (Wildman–Crippen LogP) is 2.99. The van der Waals surface area contributed by atoms with Crippen molar-refractivity contribution in [2.75, 3.05) is 7.11 Å². The molecular formula is C20H22N4O2. The number of carbonyl (C=O) groups excluding carboxylic acids is 1. The zero-order valence-electron chi connectivity index (χ0n) is 14.7. The normalized spacial score (nSPS) is 11.9. The van der Waals surface area contributed by atoms with Gasteiger partial charge in [-0.25, -0.2) is 9.97 Å². The fourth-order valence-corrected chi connectivity index (χ4v) is 2.77. The van der Waals surface area contributed by atoms with Crippen LogP contribution in [0.3, 0.4) is 0 Å². The maximum Gasteiger partial charge on any atom is 0.270 e. The van der Waals surface area contributed by atoms with Crippen molar-refractivity contribution >= 4 is 5.91 Å². The summed E-state index contributed by atoms with van der Waals surface area (Å²) in [6, 6.07) is 15.2. The number of nitrogens with one attached hydrogen (secondary N) is 1. The lowest BCUT2D eigenvalue weighted by atomic mass is 10.0. The molecule has 0 fully saturated rings. The van der Waals surface area contributed by atoms with E-state index < -0.39 is 0 Å². The van der Waals surface area contributed by atoms with E-state index in [2.05, 4.69) is 15.3 Å². The van der Waals surface area contributed by atoms with Crippen LogP contribution < -0.4 is 5.32 Å². The Labute approximate surface area is 152 Å². The van der Waals surface area contributed by atoms with Gasteiger partial charge in [0.15, 0.2) is 0 Å². The second kappa shape index (κ2) is 8.92. The number of methoxy groups -OCH3 is 1. The van der Waals surface area contributed by atoms with Gasteiger partial charge in [0.2, 0.25) is 0 Å². The van der Waals surface area contributed by atoms with E-state index in [4.69, 9.17) is 4.74 Å². The van der Waals surface area contributed by atoms with Crippen LogP contribution in [0, 0.1) is 0 Å². The molecule has 0 spiro atoms. The molecule has 0 saturated heterocycles. The first-order valence-electron chi connectivity index (χ1n) is 8.52. The molecule has 134 valence electrons. The first kappa shape index (κ1) is 17.8. The Hall–Kier alpha value is -2.99. The average molecular weight is 350 g/mol. The Kier molecular flexibility index (Phi) is 6.11. The monoisotopic (exact) mass is 350 g/mol. The van der Waals surface area contributed by atoms with Gasteiger partial charge in [0.25, 0.3) is 5.91 Å². The number of rotatable bonds is 8. The average Bonchev–Trinajstić information content (AvgIpc) is 3.20. The van der Waals surface area contributed by atoms with Crippen molar-refractivity contribution in [1.29, 1.82) is 0 Å². The zero-order chi connectivity index (χ0) is 18.2. The molecule has 6 heteroatoms. The van der Waals surface area contributed by atoms with Crippen LogP contribution in [0.2, 0.25) is 0 Å². The molecule has 6 nitrogen and oxygen atoms in total. The van der Waals surface area contributed by atoms with Crippen molar-refractivity contribution in [3.8, 4) is 0 Å². The summed E-state index contributed by atoms with van der Waals surface area (Å²) < 4.78 is 7.09. The van der Waals surface area contributed by atoms with E-state index in [1.807, 2.05) is 53.2 Å². The minimum Gasteiger partial charge on any atom is -0.378 e. The van der Waals surface area contributed by atoms with E-state index in [-0.39, 0.29) is 11.9 Å². The molecule has 1 atom stereocenters. The molecule has 1 amide bonds. The number of pyridine rings is 1. The number of hydrogen-bond acceptors (Lipinski definition) is 4. The standard InChI is InChI=1S/C20H22N4O2/c1-26-14-17-8-5-9-19(22-17)20(25)23-18(16-6-3-2-4-7-16)10-12-24-13-11-21-15-24/h2-9,11,13,15,18H,10,12,14H2,1H3,(H,23,25)/t18-/m1/s1. The molecular weight excluding hydrogens is 328 g/mol. The summed E-state index contributed by atoms with van der Waals surface area (Å²) in [5.74, 6) is -0.192. The number of ether oxygens (including phenoxy) is 1. The lowest BCUT2D eigenvalue weighted by Crippen LogP contribution is -2.30. The van der Waals surface area contributed by atoms with Crippen molar-refractivity contribution in [2.45, 2.75) is 25.6 Å². The van der Waals surface area contributed by atoms with Crippen molar-refractivity contribution in [3.63, 3.8) is 0 Å². The molecule has 0 aliphatic rings. The van der Waals surface area contributed by atoms with Crippen LogP contribution in [0.5, 0.6) is 0 Å². The quantitative estimate of drug-likeness (QED) is 0.678. The zero-order valence-corrected chi connectivity index (χ0v) is 14.7. The predicted molar refractivity (Wildman–Crippen MR) is 98.4 cm³/mol. The molecule has 3 rings (SSSR count). The molecule has 2 aromatic heterocycles. The van der Waals surface area contributed by atoms with Gasteiger partial charge >= 0.3 is 0 Å². The third-order valence-corrected chi connectivity index (χ3v) is 4.07. The molecule has 2 heterocycles. The molecule has 3 aromatic rings. The van der Waals surface area contributed by atoms with E-state index in [1.54, 1.807) is 25.7 Å². The van der Waals surface area contributed by atoms with Crippen molar-refractivity contribution < 1.29 is 9.53 Å². The summed E-state index contributed by atoms with van der Waals surface area (Å²) in [6.07, 6.45) is 6.20. The molecule has 1 aromatic carbocycles. The highest BCUT2D eigenvalue weighted by Crippen LogP contribution is 2.18. The maximum atomic E-state index is 12.7. The minimum atomic E-state index is -0.192. The largest absolute Gasteiger partial charge is 0.378 e. The number of aromatic nitrogens is 3. The second-order valence-electron chi connectivity index (χ2n) is 5.97. The van der Waals surface area contributed by atoms with Gasteiger partial charge in [0.05, 0.1) is 24.7 Å². The smallest absolute Gasteiger partial charge is 0.270 e. The Morgan fingerprint density at radius 1 is 1.19 bits per heavy atom. The van der Waals surface area contributed by atoms with Crippen LogP contribution in [0.1, 0.15) is 34.2 Å². The van der Waals surface area contributed by atoms with Crippen LogP contribution in [0.4, 0.5) is 0 Å². The molecule has 0 aliphatic carbocycles. The summed E-state index contributed by atoms with van der Waals surface area (Å²) in [6.45, 7) is 1.14. The fraction of sp³-hybridized carbons (Fsp3) is 0.250. The Morgan fingerprint density at radius 3 is 2.77 bits per heavy atom. The molecule has 0 saturated carbocycles. The number of hydrogen-bond donors (Lipinski definition) is 1. The Morgan fingerprint density at radius 2 is 2.04 bits per heavy atom. The SMILES string of the molecule is COCc1cccc(C(=O)N[C@H](CCn2ccnc2)c2ccccc2)n1. The van der Waals surface area contributed by atoms with Crippen LogP contribution in [-0.4, -0.2) is 27.6 Å². The number of aryl methyl sites for hydroxylation is 1. The second-order valence-corrected chi connectivity index (χ2v) is 5.97. The van der Waals surface area contributed by atoms with Gasteiger partial charge in [-0.15, -0.1) is 0 Å². The fourth-order valence-electron chi connectivity index (χ4n) is 2.77. The lowest BCUT2D eigenvalue weighted by Gasteiger charge is -2.19. The van der Waals surface area contributed by atoms with E-state index in [0.717, 1.165) is 24.2 Å². The van der Waals surface area contributed by atoms with Crippen LogP contribution >= 0.6 is 0 Å². The van der Waals surface area contributed by atoms with E-state index in [0.29, 0.717) is 12.3 Å². The summed E-state index contributed by atoms with van der Waals surface area (Å²) in [5.41, 5.74) is 2.19. The maximum absolute atomic E-state index is 12.7. The summed E-state index contributed by atoms with van der Waals surface area (Å²) in [5, 5.41) is 3.11. The number of amides is 1. The van der Waals surface area contributed by atoms with Gasteiger partial charge in [0, 0.05) is 26.0 Å². The first-order valence-corrected chi connectivity index (χ1v) is 8.52. The first-order chi connectivity index (χ1) is 12.8. The number of carbonyl (C=O) groups is 1. The third-order valence-electron chi connectivity index (χ3n) is 4.07. The van der Waals surface area contributed by atoms with Crippen LogP contribution in [0.25, 0.3) is 0 Å². The Balaban J connectivity index is 1.74. The minimum absolute atomic E-state index is 0.112. The van der Waals surface area contributed by atoms with E-state index in [1.165, 1.54) is 0 Å². The number of imidazole rings is 1. The van der Waals surface area contributed by atoms with Gasteiger partial charge in [-0.1, -0.05) is 36.4 Å². The summed E-state index contributed by atoms with van der Waals surface area (Å²) in [7, 11) is 1.61. The number of benzene rings is 1. The topological polar surface area (TPSA) is 69.0 Å². The molecule has 26 heavy (non-hydrogen) atoms. The van der Waals surface area contributed by atoms with Crippen LogP contribution in [0.15, 0.2) is 67.3 Å². The van der Waals surface area contributed by atoms with Crippen molar-refractivity contribution in [3.05, 3.63) is 84.2 Å². The summed E-state index contributed by atoms with van der Waals surface area (Å²) in [4.78, 5) is 21.1. The molecule has 0 radical (unpaired) electrons. The van der Waals surface area contributed by atoms with Gasteiger partial charge in [-0.2, -0.15) is 0 Å². The Bertz CT molecular complexity index is 819. The van der Waals surface area contributed by atoms with Crippen molar-refractivity contribution in [1.82, 2.24) is 19.9 Å².